The first-order chi connectivity index (χ1) is 10.0. The van der Waals surface area contributed by atoms with E-state index in [2.05, 4.69) is 15.8 Å². The van der Waals surface area contributed by atoms with E-state index in [1.54, 1.807) is 6.07 Å². The number of hydrazone groups is 1. The fourth-order valence-corrected chi connectivity index (χ4v) is 1.84. The lowest BCUT2D eigenvalue weighted by Gasteiger charge is -2.09. The molecule has 0 saturated carbocycles. The van der Waals surface area contributed by atoms with Crippen LogP contribution in [-0.4, -0.2) is 35.7 Å². The topological polar surface area (TPSA) is 65.9 Å². The molecular weight excluding hydrogens is 286 g/mol. The highest BCUT2D eigenvalue weighted by atomic mass is 32.1. The predicted molar refractivity (Wildman–Crippen MR) is 89.9 cm³/mol. The molecule has 1 aromatic rings. The zero-order valence-electron chi connectivity index (χ0n) is 12.8. The Labute approximate surface area is 131 Å². The van der Waals surface area contributed by atoms with Gasteiger partial charge in [-0.3, -0.25) is 5.43 Å². The van der Waals surface area contributed by atoms with Crippen molar-refractivity contribution in [3.8, 4) is 5.75 Å². The third-order valence-corrected chi connectivity index (χ3v) is 3.06. The van der Waals surface area contributed by atoms with Gasteiger partial charge in [0.05, 0.1) is 5.71 Å². The van der Waals surface area contributed by atoms with Crippen LogP contribution in [0.4, 0.5) is 0 Å². The smallest absolute Gasteiger partial charge is 0.186 e. The first-order valence-electron chi connectivity index (χ1n) is 7.00. The molecule has 5 nitrogen and oxygen atoms in total. The van der Waals surface area contributed by atoms with E-state index in [9.17, 15) is 5.11 Å². The standard InChI is InChI=1S/C15H23N3O2S/c1-4-20-9-5-8-16-15(21)18-17-12(3)13-10-11(2)6-7-14(13)19/h6-7,10,19H,4-5,8-9H2,1-3H3,(H2,16,18,21)/b17-12+. The molecule has 3 N–H and O–H groups in total. The zero-order chi connectivity index (χ0) is 15.7. The molecule has 0 spiro atoms. The first-order valence-corrected chi connectivity index (χ1v) is 7.41. The molecule has 0 amide bonds. The number of rotatable bonds is 7. The van der Waals surface area contributed by atoms with Crippen LogP contribution in [0.5, 0.6) is 5.75 Å². The van der Waals surface area contributed by atoms with Crippen molar-refractivity contribution in [2.45, 2.75) is 27.2 Å². The van der Waals surface area contributed by atoms with Gasteiger partial charge in [0.25, 0.3) is 0 Å². The lowest BCUT2D eigenvalue weighted by molar-refractivity contribution is 0.145. The van der Waals surface area contributed by atoms with E-state index in [1.165, 1.54) is 0 Å². The molecule has 21 heavy (non-hydrogen) atoms. The molecule has 0 aliphatic heterocycles. The third-order valence-electron chi connectivity index (χ3n) is 2.82. The lowest BCUT2D eigenvalue weighted by atomic mass is 10.1. The summed E-state index contributed by atoms with van der Waals surface area (Å²) in [6.45, 7) is 7.93. The third kappa shape index (κ3) is 6.55. The van der Waals surface area contributed by atoms with Crippen LogP contribution in [0, 0.1) is 6.92 Å². The number of aromatic hydroxyl groups is 1. The molecule has 0 aliphatic rings. The van der Waals surface area contributed by atoms with Crippen molar-refractivity contribution in [2.75, 3.05) is 19.8 Å². The van der Waals surface area contributed by atoms with Gasteiger partial charge in [-0.1, -0.05) is 11.6 Å². The van der Waals surface area contributed by atoms with Crippen LogP contribution in [-0.2, 0) is 4.74 Å². The number of hydrogen-bond donors (Lipinski definition) is 3. The van der Waals surface area contributed by atoms with Crippen LogP contribution in [0.25, 0.3) is 0 Å². The van der Waals surface area contributed by atoms with Crippen molar-refractivity contribution in [3.63, 3.8) is 0 Å². The summed E-state index contributed by atoms with van der Waals surface area (Å²) in [5, 5.41) is 17.5. The summed E-state index contributed by atoms with van der Waals surface area (Å²) in [6.07, 6.45) is 0.886. The maximum Gasteiger partial charge on any atom is 0.186 e. The van der Waals surface area contributed by atoms with Crippen LogP contribution in [0.2, 0.25) is 0 Å². The Morgan fingerprint density at radius 1 is 1.43 bits per heavy atom. The molecule has 0 bridgehead atoms. The highest BCUT2D eigenvalue weighted by Crippen LogP contribution is 2.18. The van der Waals surface area contributed by atoms with Gasteiger partial charge in [0, 0.05) is 25.3 Å². The number of phenolic OH excluding ortho intramolecular Hbond substituents is 1. The minimum atomic E-state index is 0.208. The Bertz CT molecular complexity index is 504. The van der Waals surface area contributed by atoms with Gasteiger partial charge in [-0.15, -0.1) is 0 Å². The van der Waals surface area contributed by atoms with Crippen LogP contribution in [0.3, 0.4) is 0 Å². The number of benzene rings is 1. The molecule has 6 heteroatoms. The van der Waals surface area contributed by atoms with Crippen molar-refractivity contribution in [1.29, 1.82) is 0 Å². The molecule has 0 unspecified atom stereocenters. The van der Waals surface area contributed by atoms with Crippen LogP contribution in [0.1, 0.15) is 31.4 Å². The quantitative estimate of drug-likeness (QED) is 0.312. The Balaban J connectivity index is 2.44. The largest absolute Gasteiger partial charge is 0.507 e. The fourth-order valence-electron chi connectivity index (χ4n) is 1.69. The number of aryl methyl sites for hydroxylation is 1. The van der Waals surface area contributed by atoms with Gasteiger partial charge in [0.1, 0.15) is 5.75 Å². The minimum absolute atomic E-state index is 0.208. The summed E-state index contributed by atoms with van der Waals surface area (Å²) in [5.74, 6) is 0.208. The van der Waals surface area contributed by atoms with Crippen LogP contribution >= 0.6 is 12.2 Å². The van der Waals surface area contributed by atoms with Gasteiger partial charge in [0.2, 0.25) is 0 Å². The average Bonchev–Trinajstić information content (AvgIpc) is 2.47. The number of phenols is 1. The van der Waals surface area contributed by atoms with Crippen molar-refractivity contribution in [1.82, 2.24) is 10.7 Å². The number of ether oxygens (including phenoxy) is 1. The van der Waals surface area contributed by atoms with E-state index >= 15 is 0 Å². The van der Waals surface area contributed by atoms with Crippen LogP contribution < -0.4 is 10.7 Å². The Kier molecular flexibility index (Phi) is 7.71. The molecule has 1 aromatic carbocycles. The number of nitrogens with zero attached hydrogens (tertiary/aromatic N) is 1. The van der Waals surface area contributed by atoms with E-state index in [-0.39, 0.29) is 5.75 Å². The molecule has 116 valence electrons. The number of thiocarbonyl (C=S) groups is 1. The summed E-state index contributed by atoms with van der Waals surface area (Å²) in [7, 11) is 0. The van der Waals surface area contributed by atoms with Crippen molar-refractivity contribution >= 4 is 23.0 Å². The van der Waals surface area contributed by atoms with E-state index in [4.69, 9.17) is 17.0 Å². The van der Waals surface area contributed by atoms with Gasteiger partial charge in [-0.25, -0.2) is 0 Å². The lowest BCUT2D eigenvalue weighted by Crippen LogP contribution is -2.33. The maximum atomic E-state index is 9.82. The fraction of sp³-hybridized carbons (Fsp3) is 0.467. The average molecular weight is 309 g/mol. The number of hydrogen-bond acceptors (Lipinski definition) is 4. The number of nitrogens with one attached hydrogen (secondary N) is 2. The van der Waals surface area contributed by atoms with E-state index in [0.717, 1.165) is 25.1 Å². The van der Waals surface area contributed by atoms with Crippen molar-refractivity contribution in [2.24, 2.45) is 5.10 Å². The Morgan fingerprint density at radius 3 is 2.90 bits per heavy atom. The second-order valence-corrected chi connectivity index (χ2v) is 5.04. The van der Waals surface area contributed by atoms with Crippen LogP contribution in [0.15, 0.2) is 23.3 Å². The minimum Gasteiger partial charge on any atom is -0.507 e. The molecule has 1 rings (SSSR count). The monoisotopic (exact) mass is 309 g/mol. The van der Waals surface area contributed by atoms with E-state index < -0.39 is 0 Å². The summed E-state index contributed by atoms with van der Waals surface area (Å²) in [5.41, 5.74) is 5.21. The summed E-state index contributed by atoms with van der Waals surface area (Å²) in [6, 6.07) is 5.40. The van der Waals surface area contributed by atoms with Gasteiger partial charge in [-0.05, 0) is 51.5 Å². The highest BCUT2D eigenvalue weighted by Gasteiger charge is 2.05. The van der Waals surface area contributed by atoms with E-state index in [1.807, 2.05) is 32.9 Å². The van der Waals surface area contributed by atoms with Gasteiger partial charge >= 0.3 is 0 Å². The van der Waals surface area contributed by atoms with E-state index in [0.29, 0.717) is 23.0 Å². The van der Waals surface area contributed by atoms with Crippen molar-refractivity contribution < 1.29 is 9.84 Å². The molecule has 0 fully saturated rings. The SMILES string of the molecule is CCOCCCNC(=S)N/N=C(\C)c1cc(C)ccc1O. The Morgan fingerprint density at radius 2 is 2.19 bits per heavy atom. The molecule has 0 radical (unpaired) electrons. The molecule has 0 aromatic heterocycles. The molecule has 0 heterocycles. The first kappa shape index (κ1) is 17.4. The summed E-state index contributed by atoms with van der Waals surface area (Å²) >= 11 is 5.13. The molecular formula is C15H23N3O2S. The van der Waals surface area contributed by atoms with Gasteiger partial charge < -0.3 is 15.2 Å². The Hall–Kier alpha value is -1.66. The molecule has 0 atom stereocenters. The highest BCUT2D eigenvalue weighted by molar-refractivity contribution is 7.80. The predicted octanol–water partition coefficient (Wildman–Crippen LogP) is 2.32. The van der Waals surface area contributed by atoms with Gasteiger partial charge in [-0.2, -0.15) is 5.10 Å². The molecule has 0 aliphatic carbocycles. The normalized spacial score (nSPS) is 11.3. The van der Waals surface area contributed by atoms with Gasteiger partial charge in [0.15, 0.2) is 5.11 Å². The van der Waals surface area contributed by atoms with Crippen molar-refractivity contribution in [3.05, 3.63) is 29.3 Å². The summed E-state index contributed by atoms with van der Waals surface area (Å²) in [4.78, 5) is 0. The summed E-state index contributed by atoms with van der Waals surface area (Å²) < 4.78 is 5.24. The second-order valence-electron chi connectivity index (χ2n) is 4.64. The maximum absolute atomic E-state index is 9.82. The second kappa shape index (κ2) is 9.31. The zero-order valence-corrected chi connectivity index (χ0v) is 13.6. The molecule has 0 saturated heterocycles.